The van der Waals surface area contributed by atoms with Crippen LogP contribution in [0.15, 0.2) is 18.2 Å². The monoisotopic (exact) mass is 444 g/mol. The second-order valence-corrected chi connectivity index (χ2v) is 5.57. The molecule has 1 heterocycles. The third kappa shape index (κ3) is 8.20. The first-order valence-electron chi connectivity index (χ1n) is 7.54. The molecular weight excluding hydrogens is 425 g/mol. The van der Waals surface area contributed by atoms with Crippen LogP contribution in [-0.4, -0.2) is 50.7 Å². The summed E-state index contributed by atoms with van der Waals surface area (Å²) >= 11 is 0. The van der Waals surface area contributed by atoms with Crippen molar-refractivity contribution < 1.29 is 35.8 Å². The van der Waals surface area contributed by atoms with Gasteiger partial charge in [-0.2, -0.15) is 13.2 Å². The molecule has 158 valence electrons. The molecule has 12 heteroatoms. The summed E-state index contributed by atoms with van der Waals surface area (Å²) in [5, 5.41) is 3.03. The fourth-order valence-electron chi connectivity index (χ4n) is 2.82. The van der Waals surface area contributed by atoms with E-state index in [9.17, 15) is 26.3 Å². The van der Waals surface area contributed by atoms with Gasteiger partial charge >= 0.3 is 12.5 Å². The number of nitrogens with zero attached hydrogens (tertiary/aromatic N) is 1. The molecule has 4 nitrogen and oxygen atoms in total. The lowest BCUT2D eigenvalue weighted by Gasteiger charge is -2.36. The molecule has 0 radical (unpaired) electrons. The molecule has 0 saturated carbocycles. The van der Waals surface area contributed by atoms with Crippen molar-refractivity contribution in [3.8, 4) is 11.5 Å². The zero-order valence-corrected chi connectivity index (χ0v) is 15.8. The lowest BCUT2D eigenvalue weighted by atomic mass is 9.99. The van der Waals surface area contributed by atoms with Crippen molar-refractivity contribution in [2.24, 2.45) is 0 Å². The van der Waals surface area contributed by atoms with Gasteiger partial charge in [0.1, 0.15) is 11.5 Å². The van der Waals surface area contributed by atoms with Crippen molar-refractivity contribution in [2.45, 2.75) is 25.0 Å². The second kappa shape index (κ2) is 10.4. The summed E-state index contributed by atoms with van der Waals surface area (Å²) in [6.07, 6.45) is -10.6. The van der Waals surface area contributed by atoms with Crippen LogP contribution in [0.25, 0.3) is 0 Å². The van der Waals surface area contributed by atoms with Crippen LogP contribution in [0.4, 0.5) is 26.3 Å². The number of alkyl halides is 6. The highest BCUT2D eigenvalue weighted by Crippen LogP contribution is 2.40. The Morgan fingerprint density at radius 1 is 1.07 bits per heavy atom. The highest BCUT2D eigenvalue weighted by Gasteiger charge is 2.38. The van der Waals surface area contributed by atoms with E-state index in [4.69, 9.17) is 4.74 Å². The minimum atomic E-state index is -4.93. The first-order chi connectivity index (χ1) is 11.6. The maximum atomic E-state index is 13.1. The lowest BCUT2D eigenvalue weighted by Crippen LogP contribution is -2.46. The molecule has 2 rings (SSSR count). The predicted octanol–water partition coefficient (Wildman–Crippen LogP) is 4.34. The van der Waals surface area contributed by atoms with Crippen molar-refractivity contribution in [3.05, 3.63) is 23.8 Å². The summed E-state index contributed by atoms with van der Waals surface area (Å²) in [5.74, 6) is -0.493. The third-order valence-corrected chi connectivity index (χ3v) is 3.81. The first-order valence-corrected chi connectivity index (χ1v) is 7.54. The van der Waals surface area contributed by atoms with Gasteiger partial charge in [-0.1, -0.05) is 0 Å². The molecule has 0 amide bonds. The zero-order valence-electron chi connectivity index (χ0n) is 14.2. The van der Waals surface area contributed by atoms with Gasteiger partial charge in [-0.05, 0) is 18.2 Å². The molecular formula is C15H20Cl2F6N2O2. The Bertz CT molecular complexity index is 580. The summed E-state index contributed by atoms with van der Waals surface area (Å²) in [6, 6.07) is 2.00. The van der Waals surface area contributed by atoms with Crippen LogP contribution >= 0.6 is 24.8 Å². The summed E-state index contributed by atoms with van der Waals surface area (Å²) < 4.78 is 85.4. The van der Waals surface area contributed by atoms with Crippen LogP contribution in [0.3, 0.4) is 0 Å². The van der Waals surface area contributed by atoms with E-state index < -0.39 is 30.8 Å². The summed E-state index contributed by atoms with van der Waals surface area (Å²) in [6.45, 7) is 1.67. The molecule has 1 atom stereocenters. The Balaban J connectivity index is 0.00000338. The van der Waals surface area contributed by atoms with Crippen molar-refractivity contribution in [1.29, 1.82) is 0 Å². The SMILES string of the molecule is COc1ccc(OC(F)(F)F)cc1[C@@H](CC(F)(F)F)N1CCNCC1.Cl.Cl. The van der Waals surface area contributed by atoms with Crippen molar-refractivity contribution in [1.82, 2.24) is 10.2 Å². The van der Waals surface area contributed by atoms with Gasteiger partial charge in [-0.15, -0.1) is 38.0 Å². The zero-order chi connectivity index (χ0) is 18.7. The largest absolute Gasteiger partial charge is 0.573 e. The van der Waals surface area contributed by atoms with Gasteiger partial charge in [0.15, 0.2) is 0 Å². The van der Waals surface area contributed by atoms with Crippen molar-refractivity contribution in [2.75, 3.05) is 33.3 Å². The van der Waals surface area contributed by atoms with E-state index in [0.717, 1.165) is 12.1 Å². The number of halogens is 8. The van der Waals surface area contributed by atoms with Gasteiger partial charge in [-0.25, -0.2) is 0 Å². The summed E-state index contributed by atoms with van der Waals surface area (Å²) in [4.78, 5) is 1.58. The van der Waals surface area contributed by atoms with Crippen LogP contribution < -0.4 is 14.8 Å². The number of hydrogen-bond acceptors (Lipinski definition) is 4. The van der Waals surface area contributed by atoms with Gasteiger partial charge in [0, 0.05) is 37.8 Å². The highest BCUT2D eigenvalue weighted by atomic mass is 35.5. The Hall–Kier alpha value is -1.10. The fraction of sp³-hybridized carbons (Fsp3) is 0.600. The lowest BCUT2D eigenvalue weighted by molar-refractivity contribution is -0.274. The molecule has 1 aliphatic heterocycles. The van der Waals surface area contributed by atoms with E-state index in [-0.39, 0.29) is 36.1 Å². The third-order valence-electron chi connectivity index (χ3n) is 3.81. The number of hydrogen-bond donors (Lipinski definition) is 1. The van der Waals surface area contributed by atoms with Crippen LogP contribution in [0.5, 0.6) is 11.5 Å². The number of rotatable bonds is 5. The molecule has 1 fully saturated rings. The van der Waals surface area contributed by atoms with Gasteiger partial charge < -0.3 is 14.8 Å². The fourth-order valence-corrected chi connectivity index (χ4v) is 2.82. The average molecular weight is 445 g/mol. The molecule has 0 unspecified atom stereocenters. The number of nitrogens with one attached hydrogen (secondary N) is 1. The van der Waals surface area contributed by atoms with Crippen LogP contribution in [0, 0.1) is 0 Å². The van der Waals surface area contributed by atoms with E-state index >= 15 is 0 Å². The molecule has 1 N–H and O–H groups in total. The topological polar surface area (TPSA) is 33.7 Å². The Morgan fingerprint density at radius 3 is 2.15 bits per heavy atom. The van der Waals surface area contributed by atoms with E-state index in [1.54, 1.807) is 4.90 Å². The van der Waals surface area contributed by atoms with Gasteiger partial charge in [0.05, 0.1) is 13.5 Å². The first kappa shape index (κ1) is 25.9. The summed E-state index contributed by atoms with van der Waals surface area (Å²) in [5.41, 5.74) is 0.0171. The minimum absolute atomic E-state index is 0. The molecule has 0 aromatic heterocycles. The molecule has 1 saturated heterocycles. The number of methoxy groups -OCH3 is 1. The van der Waals surface area contributed by atoms with Crippen molar-refractivity contribution >= 4 is 24.8 Å². The second-order valence-electron chi connectivity index (χ2n) is 5.57. The standard InChI is InChI=1S/C15H18F6N2O2.2ClH/c1-24-13-3-2-10(25-15(19,20)21)8-11(13)12(9-14(16,17)18)23-6-4-22-5-7-23;;/h2-3,8,12,22H,4-7,9H2,1H3;2*1H/t12-;;/m1../s1. The molecule has 0 aliphatic carbocycles. The van der Waals surface area contributed by atoms with E-state index in [1.807, 2.05) is 0 Å². The van der Waals surface area contributed by atoms with Crippen molar-refractivity contribution in [3.63, 3.8) is 0 Å². The number of piperazine rings is 1. The van der Waals surface area contributed by atoms with Gasteiger partial charge in [0.25, 0.3) is 0 Å². The Kier molecular flexibility index (Phi) is 10.0. The van der Waals surface area contributed by atoms with Crippen LogP contribution in [-0.2, 0) is 0 Å². The predicted molar refractivity (Wildman–Crippen MR) is 92.0 cm³/mol. The smallest absolute Gasteiger partial charge is 0.496 e. The summed E-state index contributed by atoms with van der Waals surface area (Å²) in [7, 11) is 1.26. The molecule has 0 spiro atoms. The van der Waals surface area contributed by atoms with Crippen LogP contribution in [0.2, 0.25) is 0 Å². The quantitative estimate of drug-likeness (QED) is 0.685. The molecule has 1 aromatic rings. The Morgan fingerprint density at radius 2 is 1.67 bits per heavy atom. The maximum absolute atomic E-state index is 13.1. The molecule has 0 bridgehead atoms. The minimum Gasteiger partial charge on any atom is -0.496 e. The number of benzene rings is 1. The van der Waals surface area contributed by atoms with E-state index in [1.165, 1.54) is 13.2 Å². The normalized spacial score (nSPS) is 16.7. The maximum Gasteiger partial charge on any atom is 0.573 e. The molecule has 1 aliphatic rings. The van der Waals surface area contributed by atoms with Gasteiger partial charge in [-0.3, -0.25) is 4.90 Å². The van der Waals surface area contributed by atoms with E-state index in [0.29, 0.717) is 26.2 Å². The van der Waals surface area contributed by atoms with Gasteiger partial charge in [0.2, 0.25) is 0 Å². The average Bonchev–Trinajstić information content (AvgIpc) is 2.51. The highest BCUT2D eigenvalue weighted by molar-refractivity contribution is 5.85. The number of ether oxygens (including phenoxy) is 2. The van der Waals surface area contributed by atoms with E-state index in [2.05, 4.69) is 10.1 Å². The molecule has 1 aromatic carbocycles. The van der Waals surface area contributed by atoms with Crippen LogP contribution in [0.1, 0.15) is 18.0 Å². The Labute approximate surface area is 165 Å². The molecule has 27 heavy (non-hydrogen) atoms.